The van der Waals surface area contributed by atoms with Crippen molar-refractivity contribution in [1.82, 2.24) is 14.7 Å². The Labute approximate surface area is 154 Å². The maximum Gasteiger partial charge on any atom is 0.257 e. The molecule has 0 atom stereocenters. The predicted molar refractivity (Wildman–Crippen MR) is 101 cm³/mol. The van der Waals surface area contributed by atoms with Crippen LogP contribution in [0.2, 0.25) is 0 Å². The number of benzene rings is 1. The topological polar surface area (TPSA) is 72.3 Å². The molecule has 1 aliphatic heterocycles. The Hall–Kier alpha value is -2.15. The summed E-state index contributed by atoms with van der Waals surface area (Å²) < 4.78 is 27.1. The lowest BCUT2D eigenvalue weighted by molar-refractivity contribution is 0.0724. The minimum atomic E-state index is -3.22. The molecule has 0 saturated carbocycles. The lowest BCUT2D eigenvalue weighted by atomic mass is 10.1. The largest absolute Gasteiger partial charge is 0.338 e. The van der Waals surface area contributed by atoms with Crippen molar-refractivity contribution in [1.29, 1.82) is 0 Å². The lowest BCUT2D eigenvalue weighted by Gasteiger charge is -2.32. The number of aryl methyl sites for hydroxylation is 2. The molecule has 2 aromatic rings. The summed E-state index contributed by atoms with van der Waals surface area (Å²) in [5.74, 6) is 0.0137. The number of nitrogens with zero attached hydrogens (tertiary/aromatic N) is 3. The first-order valence-electron chi connectivity index (χ1n) is 8.84. The smallest absolute Gasteiger partial charge is 0.257 e. The van der Waals surface area contributed by atoms with E-state index in [0.29, 0.717) is 37.2 Å². The third-order valence-corrected chi connectivity index (χ3v) is 7.39. The number of carbonyl (C=O) groups excluding carboxylic acids is 1. The Morgan fingerprint density at radius 1 is 1.15 bits per heavy atom. The average molecular weight is 375 g/mol. The summed E-state index contributed by atoms with van der Waals surface area (Å²) in [4.78, 5) is 14.6. The highest BCUT2D eigenvalue weighted by molar-refractivity contribution is 7.91. The summed E-state index contributed by atoms with van der Waals surface area (Å²) in [5.41, 5.74) is 3.01. The second-order valence-corrected chi connectivity index (χ2v) is 9.23. The molecule has 1 fully saturated rings. The van der Waals surface area contributed by atoms with Crippen LogP contribution in [0, 0.1) is 13.8 Å². The Morgan fingerprint density at radius 2 is 1.77 bits per heavy atom. The Morgan fingerprint density at radius 3 is 2.31 bits per heavy atom. The molecule has 140 valence electrons. The van der Waals surface area contributed by atoms with Gasteiger partial charge in [-0.3, -0.25) is 9.48 Å². The monoisotopic (exact) mass is 375 g/mol. The van der Waals surface area contributed by atoms with Crippen LogP contribution in [0.3, 0.4) is 0 Å². The van der Waals surface area contributed by atoms with Crippen molar-refractivity contribution >= 4 is 15.7 Å². The summed E-state index contributed by atoms with van der Waals surface area (Å²) >= 11 is 0. The van der Waals surface area contributed by atoms with Gasteiger partial charge < -0.3 is 4.90 Å². The zero-order chi connectivity index (χ0) is 18.9. The molecule has 0 bridgehead atoms. The zero-order valence-electron chi connectivity index (χ0n) is 15.5. The predicted octanol–water partition coefficient (Wildman–Crippen LogP) is 2.26. The van der Waals surface area contributed by atoms with Gasteiger partial charge in [-0.05, 0) is 32.3 Å². The lowest BCUT2D eigenvalue weighted by Crippen LogP contribution is -2.43. The van der Waals surface area contributed by atoms with E-state index in [0.717, 1.165) is 11.3 Å². The van der Waals surface area contributed by atoms with Gasteiger partial charge in [-0.2, -0.15) is 5.10 Å². The van der Waals surface area contributed by atoms with Gasteiger partial charge in [0.15, 0.2) is 9.84 Å². The van der Waals surface area contributed by atoms with Crippen LogP contribution in [0.1, 0.15) is 40.2 Å². The molecule has 26 heavy (non-hydrogen) atoms. The van der Waals surface area contributed by atoms with Crippen LogP contribution in [-0.2, 0) is 22.6 Å². The van der Waals surface area contributed by atoms with Crippen molar-refractivity contribution in [2.24, 2.45) is 7.05 Å². The maximum atomic E-state index is 12.8. The van der Waals surface area contributed by atoms with E-state index >= 15 is 0 Å². The van der Waals surface area contributed by atoms with Crippen LogP contribution < -0.4 is 0 Å². The molecule has 1 amide bonds. The molecule has 7 heteroatoms. The van der Waals surface area contributed by atoms with Crippen molar-refractivity contribution in [3.8, 4) is 0 Å². The van der Waals surface area contributed by atoms with Crippen molar-refractivity contribution in [2.75, 3.05) is 13.1 Å². The normalized spacial score (nSPS) is 16.0. The van der Waals surface area contributed by atoms with E-state index in [1.165, 1.54) is 0 Å². The minimum Gasteiger partial charge on any atom is -0.338 e. The molecule has 2 heterocycles. The average Bonchev–Trinajstić information content (AvgIpc) is 2.87. The third-order valence-electron chi connectivity index (χ3n) is 5.17. The van der Waals surface area contributed by atoms with E-state index in [-0.39, 0.29) is 16.9 Å². The molecule has 1 aromatic carbocycles. The van der Waals surface area contributed by atoms with Crippen LogP contribution >= 0.6 is 0 Å². The minimum absolute atomic E-state index is 0.0491. The van der Waals surface area contributed by atoms with Crippen LogP contribution in [0.25, 0.3) is 0 Å². The first kappa shape index (κ1) is 18.6. The molecular formula is C19H25N3O3S. The molecule has 0 N–H and O–H groups in total. The molecule has 0 unspecified atom stereocenters. The highest BCUT2D eigenvalue weighted by Gasteiger charge is 2.33. The van der Waals surface area contributed by atoms with E-state index in [1.54, 1.807) is 9.58 Å². The number of hydrogen-bond donors (Lipinski definition) is 0. The molecule has 0 aliphatic carbocycles. The van der Waals surface area contributed by atoms with E-state index in [9.17, 15) is 13.2 Å². The molecule has 3 rings (SSSR count). The van der Waals surface area contributed by atoms with Crippen LogP contribution in [0.4, 0.5) is 0 Å². The number of amides is 1. The highest BCUT2D eigenvalue weighted by atomic mass is 32.2. The fraction of sp³-hybridized carbons (Fsp3) is 0.474. The summed E-state index contributed by atoms with van der Waals surface area (Å²) in [6.07, 6.45) is 0.971. The fourth-order valence-corrected chi connectivity index (χ4v) is 5.41. The zero-order valence-corrected chi connectivity index (χ0v) is 16.3. The number of sulfone groups is 1. The van der Waals surface area contributed by atoms with E-state index in [1.807, 2.05) is 51.2 Å². The first-order chi connectivity index (χ1) is 12.3. The van der Waals surface area contributed by atoms with Gasteiger partial charge in [0, 0.05) is 25.8 Å². The summed E-state index contributed by atoms with van der Waals surface area (Å²) in [7, 11) is -1.40. The van der Waals surface area contributed by atoms with Crippen LogP contribution in [0.15, 0.2) is 30.3 Å². The van der Waals surface area contributed by atoms with Gasteiger partial charge >= 0.3 is 0 Å². The van der Waals surface area contributed by atoms with Gasteiger partial charge in [0.1, 0.15) is 0 Å². The third kappa shape index (κ3) is 3.67. The molecule has 1 aliphatic rings. The Balaban J connectivity index is 1.66. The fourth-order valence-electron chi connectivity index (χ4n) is 3.58. The Kier molecular flexibility index (Phi) is 5.18. The van der Waals surface area contributed by atoms with Crippen LogP contribution in [0.5, 0.6) is 0 Å². The van der Waals surface area contributed by atoms with E-state index < -0.39 is 9.84 Å². The second kappa shape index (κ2) is 7.23. The molecule has 1 saturated heterocycles. The Bertz CT molecular complexity index is 896. The number of aromatic nitrogens is 2. The summed E-state index contributed by atoms with van der Waals surface area (Å²) in [6, 6.07) is 9.26. The molecule has 0 spiro atoms. The molecule has 1 aromatic heterocycles. The van der Waals surface area contributed by atoms with Gasteiger partial charge in [-0.25, -0.2) is 8.42 Å². The van der Waals surface area contributed by atoms with Gasteiger partial charge in [0.25, 0.3) is 5.91 Å². The summed E-state index contributed by atoms with van der Waals surface area (Å²) in [6.45, 7) is 4.64. The van der Waals surface area contributed by atoms with Crippen LogP contribution in [-0.4, -0.2) is 47.3 Å². The van der Waals surface area contributed by atoms with E-state index in [2.05, 4.69) is 5.10 Å². The van der Waals surface area contributed by atoms with Crippen molar-refractivity contribution < 1.29 is 13.2 Å². The number of rotatable bonds is 4. The number of likely N-dealkylation sites (tertiary alicyclic amines) is 1. The van der Waals surface area contributed by atoms with Crippen molar-refractivity contribution in [2.45, 2.75) is 37.7 Å². The number of piperidine rings is 1. The number of carbonyl (C=O) groups is 1. The van der Waals surface area contributed by atoms with Gasteiger partial charge in [-0.15, -0.1) is 0 Å². The van der Waals surface area contributed by atoms with Gasteiger partial charge in [0.05, 0.1) is 22.3 Å². The summed E-state index contributed by atoms with van der Waals surface area (Å²) in [5, 5.41) is 3.91. The van der Waals surface area contributed by atoms with E-state index in [4.69, 9.17) is 0 Å². The van der Waals surface area contributed by atoms with Crippen molar-refractivity contribution in [3.05, 3.63) is 52.8 Å². The SMILES string of the molecule is Cc1nn(C)c(C)c1C(=O)N1CCC(S(=O)(=O)Cc2ccccc2)CC1. The van der Waals surface area contributed by atoms with Crippen molar-refractivity contribution in [3.63, 3.8) is 0 Å². The molecular weight excluding hydrogens is 350 g/mol. The molecule has 0 radical (unpaired) electrons. The number of hydrogen-bond acceptors (Lipinski definition) is 4. The van der Waals surface area contributed by atoms with Gasteiger partial charge in [0.2, 0.25) is 0 Å². The second-order valence-electron chi connectivity index (χ2n) is 6.95. The van der Waals surface area contributed by atoms with Gasteiger partial charge in [-0.1, -0.05) is 30.3 Å². The highest BCUT2D eigenvalue weighted by Crippen LogP contribution is 2.24. The first-order valence-corrected chi connectivity index (χ1v) is 10.6. The maximum absolute atomic E-state index is 12.8. The molecule has 6 nitrogen and oxygen atoms in total. The quantitative estimate of drug-likeness (QED) is 0.822. The standard InChI is InChI=1S/C19H25N3O3S/c1-14-18(15(2)21(3)20-14)19(23)22-11-9-17(10-12-22)26(24,25)13-16-7-5-4-6-8-16/h4-8,17H,9-13H2,1-3H3.